The van der Waals surface area contributed by atoms with Crippen LogP contribution in [0.5, 0.6) is 0 Å². The summed E-state index contributed by atoms with van der Waals surface area (Å²) in [5, 5.41) is 17.9. The first-order valence-electron chi connectivity index (χ1n) is 25.2. The Hall–Kier alpha value is -7.02. The Morgan fingerprint density at radius 2 is 1.28 bits per heavy atom. The van der Waals surface area contributed by atoms with Crippen molar-refractivity contribution in [2.45, 2.75) is 94.2 Å². The zero-order valence-electron chi connectivity index (χ0n) is 40.0. The fourth-order valence-electron chi connectivity index (χ4n) is 10.6. The summed E-state index contributed by atoms with van der Waals surface area (Å²) in [5.41, 5.74) is 7.36. The Bertz CT molecular complexity index is 3010. The molecule has 4 fully saturated rings. The Kier molecular flexibility index (Phi) is 14.0. The molecule has 0 bridgehead atoms. The molecule has 5 atom stereocenters. The van der Waals surface area contributed by atoms with Crippen LogP contribution in [0.25, 0.3) is 44.5 Å². The average Bonchev–Trinajstić information content (AvgIpc) is 4.27. The lowest BCUT2D eigenvalue weighted by Crippen LogP contribution is -2.46. The van der Waals surface area contributed by atoms with Crippen LogP contribution in [-0.4, -0.2) is 116 Å². The number of aromatic amines is 2. The van der Waals surface area contributed by atoms with E-state index in [1.165, 1.54) is 0 Å². The molecule has 17 heteroatoms. The van der Waals surface area contributed by atoms with Gasteiger partial charge in [0.2, 0.25) is 12.3 Å². The molecule has 4 saturated heterocycles. The molecule has 17 nitrogen and oxygen atoms in total. The highest BCUT2D eigenvalue weighted by molar-refractivity contribution is 5.89. The summed E-state index contributed by atoms with van der Waals surface area (Å²) in [4.78, 5) is 67.5. The van der Waals surface area contributed by atoms with Gasteiger partial charge in [0, 0.05) is 55.7 Å². The third-order valence-electron chi connectivity index (χ3n) is 14.4. The highest BCUT2D eigenvalue weighted by Crippen LogP contribution is 2.37. The monoisotopic (exact) mass is 973 g/mol. The lowest BCUT2D eigenvalue weighted by atomic mass is 10.0. The SMILES string of the molecule is O=C(N[C@@H](C(=O)N1CCC[C@H]1c1ncc(-c2ccc3nc(-c4ccc5nc([C@@H]6CCCN6C(=O)[C@H](NC(O)OC6CCOCC6)c6ccccc6)[nH]c5c4)ccc3c2)[nH]1)c1ccccc1)OC1CCOCC1. The van der Waals surface area contributed by atoms with Crippen molar-refractivity contribution in [1.29, 1.82) is 0 Å². The van der Waals surface area contributed by atoms with Gasteiger partial charge in [-0.15, -0.1) is 0 Å². The quantitative estimate of drug-likeness (QED) is 0.0658. The fraction of sp³-hybridized carbons (Fsp3) is 0.382. The number of aliphatic hydroxyl groups is 1. The minimum atomic E-state index is -1.33. The predicted octanol–water partition coefficient (Wildman–Crippen LogP) is 7.94. The number of amides is 3. The Balaban J connectivity index is 0.772. The standard InChI is InChI=1S/C55H59N9O8/c65-52(48(34-9-3-1-4-10-34)61-54(67)71-39-21-27-69-28-22-39)63-25-7-13-46(63)50-56-33-45(60-50)37-16-19-41-36(31-37)15-18-42(57-41)38-17-20-43-44(32-38)59-51(58-43)47-14-8-26-64(47)53(66)49(35-11-5-2-6-12-35)62-55(68)72-40-23-29-70-30-24-40/h1-6,9-12,15-20,31-33,39-40,46-49,55,62,68H,7-8,13-14,21-30H2,(H,56,60)(H,58,59)(H,61,67)/t46-,47-,48+,49+,55?/m0/s1. The molecule has 0 saturated carbocycles. The van der Waals surface area contributed by atoms with Crippen LogP contribution in [0.15, 0.2) is 115 Å². The first-order chi connectivity index (χ1) is 35.3. The lowest BCUT2D eigenvalue weighted by Gasteiger charge is -2.31. The van der Waals surface area contributed by atoms with E-state index in [2.05, 4.69) is 32.7 Å². The zero-order valence-corrected chi connectivity index (χ0v) is 40.0. The van der Waals surface area contributed by atoms with Crippen molar-refractivity contribution in [2.75, 3.05) is 39.5 Å². The maximum Gasteiger partial charge on any atom is 0.408 e. The summed E-state index contributed by atoms with van der Waals surface area (Å²) in [6.45, 7) is 3.32. The number of aliphatic hydroxyl groups excluding tert-OH is 1. The van der Waals surface area contributed by atoms with Crippen LogP contribution in [0, 0.1) is 0 Å². The number of benzene rings is 4. The van der Waals surface area contributed by atoms with Gasteiger partial charge in [0.1, 0.15) is 29.8 Å². The third-order valence-corrected chi connectivity index (χ3v) is 14.4. The summed E-state index contributed by atoms with van der Waals surface area (Å²) < 4.78 is 22.5. The molecule has 4 aromatic carbocycles. The number of alkyl carbamates (subject to hydrolysis) is 1. The molecule has 0 radical (unpaired) electrons. The first kappa shape index (κ1) is 47.3. The second-order valence-corrected chi connectivity index (χ2v) is 19.0. The number of carbonyl (C=O) groups is 3. The molecule has 1 unspecified atom stereocenters. The number of rotatable bonds is 14. The van der Waals surface area contributed by atoms with Gasteiger partial charge in [0.05, 0.1) is 65.5 Å². The molecule has 72 heavy (non-hydrogen) atoms. The minimum absolute atomic E-state index is 0.156. The lowest BCUT2D eigenvalue weighted by molar-refractivity contribution is -0.180. The first-order valence-corrected chi connectivity index (χ1v) is 25.2. The number of likely N-dealkylation sites (tertiary alicyclic amines) is 2. The zero-order chi connectivity index (χ0) is 49.0. The van der Waals surface area contributed by atoms with Crippen LogP contribution in [0.3, 0.4) is 0 Å². The van der Waals surface area contributed by atoms with Crippen molar-refractivity contribution in [3.63, 3.8) is 0 Å². The molecule has 7 aromatic rings. The van der Waals surface area contributed by atoms with Crippen LogP contribution in [0.4, 0.5) is 4.79 Å². The minimum Gasteiger partial charge on any atom is -0.446 e. The number of H-pyrrole nitrogens is 2. The molecule has 4 aliphatic heterocycles. The Morgan fingerprint density at radius 1 is 0.653 bits per heavy atom. The van der Waals surface area contributed by atoms with E-state index < -0.39 is 24.6 Å². The summed E-state index contributed by atoms with van der Waals surface area (Å²) in [5.74, 6) is 1.03. The Labute approximate surface area is 416 Å². The number of nitrogens with zero attached hydrogens (tertiary/aromatic N) is 5. The number of hydrogen-bond acceptors (Lipinski definition) is 12. The van der Waals surface area contributed by atoms with Gasteiger partial charge in [0.15, 0.2) is 0 Å². The number of pyridine rings is 1. The summed E-state index contributed by atoms with van der Waals surface area (Å²) >= 11 is 0. The van der Waals surface area contributed by atoms with Gasteiger partial charge < -0.3 is 49.1 Å². The molecule has 3 amide bonds. The van der Waals surface area contributed by atoms with Crippen molar-refractivity contribution in [3.05, 3.63) is 138 Å². The summed E-state index contributed by atoms with van der Waals surface area (Å²) in [6.07, 6.45) is 5.15. The van der Waals surface area contributed by atoms with E-state index in [1.807, 2.05) is 107 Å². The van der Waals surface area contributed by atoms with Gasteiger partial charge in [-0.1, -0.05) is 78.9 Å². The van der Waals surface area contributed by atoms with Crippen molar-refractivity contribution in [1.82, 2.24) is 45.4 Å². The number of aromatic nitrogens is 5. The summed E-state index contributed by atoms with van der Waals surface area (Å²) in [7, 11) is 0. The molecule has 7 heterocycles. The molecule has 0 spiro atoms. The largest absolute Gasteiger partial charge is 0.446 e. The van der Waals surface area contributed by atoms with Gasteiger partial charge in [-0.25, -0.2) is 19.7 Å². The number of ether oxygens (including phenoxy) is 4. The van der Waals surface area contributed by atoms with Crippen molar-refractivity contribution in [2.24, 2.45) is 0 Å². The maximum absolute atomic E-state index is 14.4. The molecule has 372 valence electrons. The highest BCUT2D eigenvalue weighted by atomic mass is 16.6. The van der Waals surface area contributed by atoms with E-state index in [0.717, 1.165) is 75.7 Å². The number of imidazole rings is 2. The predicted molar refractivity (Wildman–Crippen MR) is 268 cm³/mol. The molecular formula is C55H59N9O8. The van der Waals surface area contributed by atoms with Gasteiger partial charge in [-0.2, -0.15) is 0 Å². The summed E-state index contributed by atoms with van der Waals surface area (Å²) in [6, 6.07) is 32.6. The van der Waals surface area contributed by atoms with Gasteiger partial charge in [0.25, 0.3) is 5.91 Å². The van der Waals surface area contributed by atoms with Gasteiger partial charge in [-0.3, -0.25) is 14.9 Å². The molecule has 3 aromatic heterocycles. The van der Waals surface area contributed by atoms with E-state index in [4.69, 9.17) is 33.9 Å². The highest BCUT2D eigenvalue weighted by Gasteiger charge is 2.39. The maximum atomic E-state index is 14.4. The average molecular weight is 974 g/mol. The topological polar surface area (TPSA) is 209 Å². The van der Waals surface area contributed by atoms with E-state index in [9.17, 15) is 19.5 Å². The normalized spacial score (nSPS) is 20.2. The van der Waals surface area contributed by atoms with Gasteiger partial charge >= 0.3 is 6.09 Å². The van der Waals surface area contributed by atoms with Crippen LogP contribution in [-0.2, 0) is 28.5 Å². The smallest absolute Gasteiger partial charge is 0.408 e. The number of nitrogens with one attached hydrogen (secondary N) is 4. The molecule has 11 rings (SSSR count). The van der Waals surface area contributed by atoms with Crippen LogP contribution < -0.4 is 10.6 Å². The van der Waals surface area contributed by atoms with Crippen LogP contribution >= 0.6 is 0 Å². The van der Waals surface area contributed by atoms with E-state index in [-0.39, 0.29) is 36.1 Å². The van der Waals surface area contributed by atoms with Crippen LogP contribution in [0.1, 0.15) is 98.3 Å². The van der Waals surface area contributed by atoms with Crippen molar-refractivity contribution in [3.8, 4) is 22.5 Å². The molecule has 0 aliphatic carbocycles. The van der Waals surface area contributed by atoms with E-state index >= 15 is 0 Å². The second-order valence-electron chi connectivity index (χ2n) is 19.0. The number of carbonyl (C=O) groups excluding carboxylic acids is 3. The van der Waals surface area contributed by atoms with Crippen LogP contribution in [0.2, 0.25) is 0 Å². The van der Waals surface area contributed by atoms with E-state index in [1.54, 1.807) is 6.20 Å². The number of fused-ring (bicyclic) bond motifs is 2. The molecule has 5 N–H and O–H groups in total. The Morgan fingerprint density at radius 3 is 1.99 bits per heavy atom. The fourth-order valence-corrected chi connectivity index (χ4v) is 10.6. The van der Waals surface area contributed by atoms with Crippen molar-refractivity contribution >= 4 is 39.8 Å². The molecule has 4 aliphatic rings. The molecular weight excluding hydrogens is 915 g/mol. The van der Waals surface area contributed by atoms with E-state index in [0.29, 0.717) is 82.4 Å². The van der Waals surface area contributed by atoms with Crippen molar-refractivity contribution < 1.29 is 38.4 Å². The van der Waals surface area contributed by atoms with Gasteiger partial charge in [-0.05, 0) is 80.0 Å². The number of hydrogen-bond donors (Lipinski definition) is 5. The second kappa shape index (κ2) is 21.4. The third kappa shape index (κ3) is 10.3.